The Morgan fingerprint density at radius 2 is 1.44 bits per heavy atom. The number of piperidine rings is 1. The number of para-hydroxylation sites is 1. The first-order valence-electron chi connectivity index (χ1n) is 9.73. The second-order valence-electron chi connectivity index (χ2n) is 6.77. The SMILES string of the molecule is CCN(CC)S(=O)(=O)c1ccc(N(c2ccccc2)C2CCNCC2)cc1. The maximum Gasteiger partial charge on any atom is 0.243 e. The summed E-state index contributed by atoms with van der Waals surface area (Å²) in [6, 6.07) is 18.1. The molecule has 1 heterocycles. The van der Waals surface area contributed by atoms with E-state index < -0.39 is 10.0 Å². The van der Waals surface area contributed by atoms with Crippen molar-refractivity contribution < 1.29 is 8.42 Å². The Kier molecular flexibility index (Phi) is 6.52. The summed E-state index contributed by atoms with van der Waals surface area (Å²) in [5.41, 5.74) is 2.18. The molecular formula is C21H29N3O2S. The Morgan fingerprint density at radius 3 is 2.00 bits per heavy atom. The fourth-order valence-corrected chi connectivity index (χ4v) is 5.17. The van der Waals surface area contributed by atoms with Gasteiger partial charge in [0.25, 0.3) is 0 Å². The second-order valence-corrected chi connectivity index (χ2v) is 8.71. The van der Waals surface area contributed by atoms with Crippen LogP contribution in [0, 0.1) is 0 Å². The Labute approximate surface area is 163 Å². The van der Waals surface area contributed by atoms with E-state index in [2.05, 4.69) is 22.3 Å². The highest BCUT2D eigenvalue weighted by atomic mass is 32.2. The van der Waals surface area contributed by atoms with Crippen LogP contribution in [-0.4, -0.2) is 44.9 Å². The Bertz CT molecular complexity index is 812. The molecule has 0 bridgehead atoms. The summed E-state index contributed by atoms with van der Waals surface area (Å²) in [6.45, 7) is 6.69. The lowest BCUT2D eigenvalue weighted by Crippen LogP contribution is -2.40. The molecule has 1 aliphatic rings. The van der Waals surface area contributed by atoms with Gasteiger partial charge in [-0.3, -0.25) is 0 Å². The van der Waals surface area contributed by atoms with Gasteiger partial charge in [0.15, 0.2) is 0 Å². The van der Waals surface area contributed by atoms with Crippen LogP contribution in [0.5, 0.6) is 0 Å². The van der Waals surface area contributed by atoms with Crippen molar-refractivity contribution in [3.63, 3.8) is 0 Å². The molecule has 1 saturated heterocycles. The summed E-state index contributed by atoms with van der Waals surface area (Å²) < 4.78 is 27.0. The molecule has 2 aromatic carbocycles. The zero-order chi connectivity index (χ0) is 19.3. The van der Waals surface area contributed by atoms with Crippen LogP contribution in [0.4, 0.5) is 11.4 Å². The summed E-state index contributed by atoms with van der Waals surface area (Å²) >= 11 is 0. The van der Waals surface area contributed by atoms with Gasteiger partial charge in [-0.1, -0.05) is 32.0 Å². The molecule has 6 heteroatoms. The number of sulfonamides is 1. The minimum absolute atomic E-state index is 0.355. The standard InChI is InChI=1S/C21H29N3O2S/c1-3-23(4-2)27(25,26)21-12-10-19(11-13-21)24(18-8-6-5-7-9-18)20-14-16-22-17-15-20/h5-13,20,22H,3-4,14-17H2,1-2H3. The first-order chi connectivity index (χ1) is 13.1. The van der Waals surface area contributed by atoms with Crippen LogP contribution in [-0.2, 0) is 10.0 Å². The van der Waals surface area contributed by atoms with Crippen LogP contribution in [0.3, 0.4) is 0 Å². The molecule has 0 unspecified atom stereocenters. The number of nitrogens with one attached hydrogen (secondary N) is 1. The molecule has 5 nitrogen and oxygen atoms in total. The average Bonchev–Trinajstić information content (AvgIpc) is 2.71. The number of rotatable bonds is 7. The average molecular weight is 388 g/mol. The van der Waals surface area contributed by atoms with Crippen molar-refractivity contribution in [2.24, 2.45) is 0 Å². The van der Waals surface area contributed by atoms with E-state index in [4.69, 9.17) is 0 Å². The van der Waals surface area contributed by atoms with Crippen molar-refractivity contribution in [3.8, 4) is 0 Å². The quantitative estimate of drug-likeness (QED) is 0.789. The predicted octanol–water partition coefficient (Wildman–Crippen LogP) is 3.61. The van der Waals surface area contributed by atoms with E-state index in [1.54, 1.807) is 12.1 Å². The number of hydrogen-bond donors (Lipinski definition) is 1. The van der Waals surface area contributed by atoms with Gasteiger partial charge >= 0.3 is 0 Å². The summed E-state index contributed by atoms with van der Waals surface area (Å²) in [7, 11) is -3.43. The van der Waals surface area contributed by atoms with Gasteiger partial charge in [0.1, 0.15) is 0 Å². The lowest BCUT2D eigenvalue weighted by atomic mass is 10.0. The number of hydrogen-bond acceptors (Lipinski definition) is 4. The summed E-state index contributed by atoms with van der Waals surface area (Å²) in [4.78, 5) is 2.70. The van der Waals surface area contributed by atoms with Gasteiger partial charge in [-0.25, -0.2) is 8.42 Å². The molecule has 1 N–H and O–H groups in total. The maximum absolute atomic E-state index is 12.8. The van der Waals surface area contributed by atoms with E-state index in [1.807, 2.05) is 44.2 Å². The molecule has 0 aliphatic carbocycles. The zero-order valence-electron chi connectivity index (χ0n) is 16.1. The van der Waals surface area contributed by atoms with E-state index in [0.29, 0.717) is 24.0 Å². The fraction of sp³-hybridized carbons (Fsp3) is 0.429. The van der Waals surface area contributed by atoms with E-state index in [1.165, 1.54) is 4.31 Å². The van der Waals surface area contributed by atoms with Crippen molar-refractivity contribution in [2.75, 3.05) is 31.1 Å². The monoisotopic (exact) mass is 387 g/mol. The second kappa shape index (κ2) is 8.87. The molecule has 146 valence electrons. The van der Waals surface area contributed by atoms with E-state index in [0.717, 1.165) is 37.3 Å². The van der Waals surface area contributed by atoms with Gasteiger partial charge in [0.2, 0.25) is 10.0 Å². The molecule has 0 radical (unpaired) electrons. The fourth-order valence-electron chi connectivity index (χ4n) is 3.72. The van der Waals surface area contributed by atoms with Crippen molar-refractivity contribution in [3.05, 3.63) is 54.6 Å². The van der Waals surface area contributed by atoms with Crippen molar-refractivity contribution >= 4 is 21.4 Å². The third kappa shape index (κ3) is 4.34. The van der Waals surface area contributed by atoms with Crippen molar-refractivity contribution in [2.45, 2.75) is 37.6 Å². The van der Waals surface area contributed by atoms with Crippen LogP contribution >= 0.6 is 0 Å². The van der Waals surface area contributed by atoms with E-state index in [-0.39, 0.29) is 0 Å². The van der Waals surface area contributed by atoms with E-state index >= 15 is 0 Å². The molecular weight excluding hydrogens is 358 g/mol. The van der Waals surface area contributed by atoms with Gasteiger partial charge < -0.3 is 10.2 Å². The molecule has 1 aliphatic heterocycles. The summed E-state index contributed by atoms with van der Waals surface area (Å²) in [5, 5.41) is 3.42. The van der Waals surface area contributed by atoms with E-state index in [9.17, 15) is 8.42 Å². The third-order valence-electron chi connectivity index (χ3n) is 5.17. The van der Waals surface area contributed by atoms with Crippen LogP contribution in [0.2, 0.25) is 0 Å². The minimum Gasteiger partial charge on any atom is -0.338 e. The van der Waals surface area contributed by atoms with Crippen molar-refractivity contribution in [1.82, 2.24) is 9.62 Å². The minimum atomic E-state index is -3.43. The normalized spacial score (nSPS) is 15.8. The largest absolute Gasteiger partial charge is 0.338 e. The zero-order valence-corrected chi connectivity index (χ0v) is 17.0. The highest BCUT2D eigenvalue weighted by molar-refractivity contribution is 7.89. The first kappa shape index (κ1) is 19.9. The van der Waals surface area contributed by atoms with Gasteiger partial charge in [-0.2, -0.15) is 4.31 Å². The smallest absolute Gasteiger partial charge is 0.243 e. The van der Waals surface area contributed by atoms with Gasteiger partial charge in [-0.15, -0.1) is 0 Å². The highest BCUT2D eigenvalue weighted by Crippen LogP contribution is 2.32. The maximum atomic E-state index is 12.8. The molecule has 0 amide bonds. The molecule has 0 atom stereocenters. The number of nitrogens with zero attached hydrogens (tertiary/aromatic N) is 2. The van der Waals surface area contributed by atoms with Crippen LogP contribution in [0.15, 0.2) is 59.5 Å². The lowest BCUT2D eigenvalue weighted by Gasteiger charge is -2.36. The van der Waals surface area contributed by atoms with Crippen LogP contribution in [0.25, 0.3) is 0 Å². The lowest BCUT2D eigenvalue weighted by molar-refractivity contribution is 0.445. The summed E-state index contributed by atoms with van der Waals surface area (Å²) in [5.74, 6) is 0. The van der Waals surface area contributed by atoms with Gasteiger partial charge in [0, 0.05) is 30.5 Å². The van der Waals surface area contributed by atoms with Crippen molar-refractivity contribution in [1.29, 1.82) is 0 Å². The van der Waals surface area contributed by atoms with Crippen LogP contribution < -0.4 is 10.2 Å². The summed E-state index contributed by atoms with van der Waals surface area (Å²) in [6.07, 6.45) is 2.13. The molecule has 2 aromatic rings. The first-order valence-corrected chi connectivity index (χ1v) is 11.2. The molecule has 0 aromatic heterocycles. The molecule has 3 rings (SSSR count). The number of benzene rings is 2. The Balaban J connectivity index is 1.94. The topological polar surface area (TPSA) is 52.7 Å². The highest BCUT2D eigenvalue weighted by Gasteiger charge is 2.25. The van der Waals surface area contributed by atoms with Gasteiger partial charge in [-0.05, 0) is 62.3 Å². The molecule has 0 saturated carbocycles. The number of anilines is 2. The molecule has 1 fully saturated rings. The van der Waals surface area contributed by atoms with Gasteiger partial charge in [0.05, 0.1) is 4.90 Å². The Morgan fingerprint density at radius 1 is 0.889 bits per heavy atom. The molecule has 0 spiro atoms. The third-order valence-corrected chi connectivity index (χ3v) is 7.23. The Hall–Kier alpha value is -1.89. The predicted molar refractivity (Wildman–Crippen MR) is 111 cm³/mol. The van der Waals surface area contributed by atoms with Crippen LogP contribution in [0.1, 0.15) is 26.7 Å². The molecule has 27 heavy (non-hydrogen) atoms.